The maximum Gasteiger partial charge on any atom is 0.224 e. The zero-order valence-electron chi connectivity index (χ0n) is 11.4. The molecule has 0 fully saturated rings. The Hall–Kier alpha value is -1.36. The summed E-state index contributed by atoms with van der Waals surface area (Å²) in [6.45, 7) is 2.08. The van der Waals surface area contributed by atoms with Crippen molar-refractivity contribution in [3.05, 3.63) is 24.3 Å². The maximum atomic E-state index is 11.7. The van der Waals surface area contributed by atoms with E-state index in [-0.39, 0.29) is 5.91 Å². The maximum absolute atomic E-state index is 11.7. The van der Waals surface area contributed by atoms with Gasteiger partial charge >= 0.3 is 0 Å². The van der Waals surface area contributed by atoms with E-state index in [2.05, 4.69) is 12.2 Å². The van der Waals surface area contributed by atoms with Crippen molar-refractivity contribution < 1.29 is 9.00 Å². The van der Waals surface area contributed by atoms with Gasteiger partial charge in [0.2, 0.25) is 5.91 Å². The summed E-state index contributed by atoms with van der Waals surface area (Å²) in [4.78, 5) is 11.7. The Labute approximate surface area is 117 Å². The molecule has 1 amide bonds. The lowest BCUT2D eigenvalue weighted by atomic mass is 10.2. The lowest BCUT2D eigenvalue weighted by molar-refractivity contribution is -0.116. The molecule has 1 aromatic carbocycles. The Morgan fingerprint density at radius 3 is 2.47 bits per heavy atom. The summed E-state index contributed by atoms with van der Waals surface area (Å²) in [5.74, 6) is 1.31. The Kier molecular flexibility index (Phi) is 7.18. The number of unbranched alkanes of at least 4 members (excludes halogenated alkanes) is 1. The quantitative estimate of drug-likeness (QED) is 0.720. The normalized spacial score (nSPS) is 12.1. The van der Waals surface area contributed by atoms with Gasteiger partial charge in [-0.15, -0.1) is 0 Å². The molecule has 0 aliphatic rings. The molecule has 3 N–H and O–H groups in total. The van der Waals surface area contributed by atoms with Gasteiger partial charge in [0, 0.05) is 40.1 Å². The fourth-order valence-electron chi connectivity index (χ4n) is 1.59. The standard InChI is InChI=1S/C14H22N2O2S/c1-2-3-10-19(18)11-4-5-14(17)16-13-8-6-12(15)7-9-13/h6-9H,2-5,10-11,15H2,1H3,(H,16,17). The third kappa shape index (κ3) is 6.96. The van der Waals surface area contributed by atoms with Crippen molar-refractivity contribution in [3.8, 4) is 0 Å². The van der Waals surface area contributed by atoms with Crippen LogP contribution in [0.5, 0.6) is 0 Å². The SMILES string of the molecule is CCCCS(=O)CCCC(=O)Nc1ccc(N)cc1. The molecule has 0 radical (unpaired) electrons. The van der Waals surface area contributed by atoms with Crippen LogP contribution in [0.1, 0.15) is 32.6 Å². The number of carbonyl (C=O) groups excluding carboxylic acids is 1. The first kappa shape index (κ1) is 15.7. The van der Waals surface area contributed by atoms with E-state index < -0.39 is 10.8 Å². The largest absolute Gasteiger partial charge is 0.399 e. The highest BCUT2D eigenvalue weighted by Gasteiger charge is 2.04. The Morgan fingerprint density at radius 2 is 1.84 bits per heavy atom. The van der Waals surface area contributed by atoms with E-state index >= 15 is 0 Å². The third-order valence-corrected chi connectivity index (χ3v) is 4.18. The minimum Gasteiger partial charge on any atom is -0.399 e. The topological polar surface area (TPSA) is 72.2 Å². The molecule has 0 saturated carbocycles. The summed E-state index contributed by atoms with van der Waals surface area (Å²) in [5, 5.41) is 2.79. The summed E-state index contributed by atoms with van der Waals surface area (Å²) < 4.78 is 11.5. The van der Waals surface area contributed by atoms with Crippen molar-refractivity contribution in [2.75, 3.05) is 22.6 Å². The number of hydrogen-bond acceptors (Lipinski definition) is 3. The van der Waals surface area contributed by atoms with Crippen molar-refractivity contribution in [3.63, 3.8) is 0 Å². The average molecular weight is 282 g/mol. The summed E-state index contributed by atoms with van der Waals surface area (Å²) in [7, 11) is -0.782. The van der Waals surface area contributed by atoms with Gasteiger partial charge < -0.3 is 11.1 Å². The van der Waals surface area contributed by atoms with Crippen LogP contribution in [0, 0.1) is 0 Å². The molecule has 0 aromatic heterocycles. The first-order valence-electron chi connectivity index (χ1n) is 6.62. The zero-order chi connectivity index (χ0) is 14.1. The lowest BCUT2D eigenvalue weighted by Gasteiger charge is -2.05. The first-order chi connectivity index (χ1) is 9.11. The van der Waals surface area contributed by atoms with Crippen LogP contribution in [0.25, 0.3) is 0 Å². The van der Waals surface area contributed by atoms with Gasteiger partial charge in [-0.2, -0.15) is 0 Å². The van der Waals surface area contributed by atoms with E-state index in [1.54, 1.807) is 24.3 Å². The number of nitrogens with two attached hydrogens (primary N) is 1. The number of nitrogen functional groups attached to an aromatic ring is 1. The number of amides is 1. The predicted octanol–water partition coefficient (Wildman–Crippen LogP) is 2.54. The number of anilines is 2. The van der Waals surface area contributed by atoms with Crippen molar-refractivity contribution in [2.24, 2.45) is 0 Å². The molecule has 1 atom stereocenters. The minimum atomic E-state index is -0.782. The third-order valence-electron chi connectivity index (χ3n) is 2.70. The van der Waals surface area contributed by atoms with Crippen LogP contribution in [0.15, 0.2) is 24.3 Å². The van der Waals surface area contributed by atoms with Crippen molar-refractivity contribution >= 4 is 28.1 Å². The number of benzene rings is 1. The molecular weight excluding hydrogens is 260 g/mol. The Bertz CT molecular complexity index is 418. The van der Waals surface area contributed by atoms with Crippen LogP contribution >= 0.6 is 0 Å². The zero-order valence-corrected chi connectivity index (χ0v) is 12.2. The van der Waals surface area contributed by atoms with Gasteiger partial charge in [-0.1, -0.05) is 13.3 Å². The van der Waals surface area contributed by atoms with Crippen LogP contribution in [-0.2, 0) is 15.6 Å². The molecule has 1 unspecified atom stereocenters. The smallest absolute Gasteiger partial charge is 0.224 e. The molecule has 0 heterocycles. The van der Waals surface area contributed by atoms with E-state index in [0.717, 1.165) is 24.3 Å². The summed E-state index contributed by atoms with van der Waals surface area (Å²) >= 11 is 0. The number of rotatable bonds is 8. The highest BCUT2D eigenvalue weighted by atomic mass is 32.2. The molecule has 4 nitrogen and oxygen atoms in total. The second-order valence-corrected chi connectivity index (χ2v) is 6.17. The molecule has 0 saturated heterocycles. The first-order valence-corrected chi connectivity index (χ1v) is 8.11. The monoisotopic (exact) mass is 282 g/mol. The van der Waals surface area contributed by atoms with Gasteiger partial charge in [0.1, 0.15) is 0 Å². The second kappa shape index (κ2) is 8.69. The Morgan fingerprint density at radius 1 is 1.21 bits per heavy atom. The summed E-state index contributed by atoms with van der Waals surface area (Å²) in [5.41, 5.74) is 6.98. The van der Waals surface area contributed by atoms with Gasteiger partial charge in [-0.3, -0.25) is 9.00 Å². The molecule has 5 heteroatoms. The van der Waals surface area contributed by atoms with Crippen LogP contribution < -0.4 is 11.1 Å². The van der Waals surface area contributed by atoms with Crippen LogP contribution in [0.4, 0.5) is 11.4 Å². The van der Waals surface area contributed by atoms with Gasteiger partial charge in [-0.05, 0) is 37.1 Å². The van der Waals surface area contributed by atoms with Gasteiger partial charge in [0.25, 0.3) is 0 Å². The van der Waals surface area contributed by atoms with Crippen LogP contribution in [0.2, 0.25) is 0 Å². The van der Waals surface area contributed by atoms with Crippen molar-refractivity contribution in [1.82, 2.24) is 0 Å². The molecular formula is C14H22N2O2S. The number of hydrogen-bond donors (Lipinski definition) is 2. The molecule has 1 rings (SSSR count). The van der Waals surface area contributed by atoms with Crippen molar-refractivity contribution in [1.29, 1.82) is 0 Å². The highest BCUT2D eigenvalue weighted by Crippen LogP contribution is 2.11. The Balaban J connectivity index is 2.21. The highest BCUT2D eigenvalue weighted by molar-refractivity contribution is 7.84. The molecule has 0 spiro atoms. The molecule has 0 bridgehead atoms. The van der Waals surface area contributed by atoms with Gasteiger partial charge in [-0.25, -0.2) is 0 Å². The van der Waals surface area contributed by atoms with E-state index in [1.807, 2.05) is 0 Å². The summed E-state index contributed by atoms with van der Waals surface area (Å²) in [6.07, 6.45) is 3.12. The van der Waals surface area contributed by atoms with Crippen molar-refractivity contribution in [2.45, 2.75) is 32.6 Å². The fourth-order valence-corrected chi connectivity index (χ4v) is 2.87. The van der Waals surface area contributed by atoms with Crippen LogP contribution in [-0.4, -0.2) is 21.6 Å². The van der Waals surface area contributed by atoms with E-state index in [9.17, 15) is 9.00 Å². The molecule has 0 aliphatic heterocycles. The number of nitrogens with one attached hydrogen (secondary N) is 1. The van der Waals surface area contributed by atoms with Crippen LogP contribution in [0.3, 0.4) is 0 Å². The number of carbonyl (C=O) groups is 1. The fraction of sp³-hybridized carbons (Fsp3) is 0.500. The van der Waals surface area contributed by atoms with E-state index in [0.29, 0.717) is 24.3 Å². The van der Waals surface area contributed by atoms with E-state index in [1.165, 1.54) is 0 Å². The summed E-state index contributed by atoms with van der Waals surface area (Å²) in [6, 6.07) is 7.03. The molecule has 19 heavy (non-hydrogen) atoms. The lowest BCUT2D eigenvalue weighted by Crippen LogP contribution is -2.13. The molecule has 0 aliphatic carbocycles. The minimum absolute atomic E-state index is 0.0442. The van der Waals surface area contributed by atoms with Gasteiger partial charge in [0.05, 0.1) is 0 Å². The molecule has 106 valence electrons. The van der Waals surface area contributed by atoms with E-state index in [4.69, 9.17) is 5.73 Å². The van der Waals surface area contributed by atoms with Gasteiger partial charge in [0.15, 0.2) is 0 Å². The predicted molar refractivity (Wildman–Crippen MR) is 81.5 cm³/mol. The average Bonchev–Trinajstić information content (AvgIpc) is 2.39. The molecule has 1 aromatic rings. The second-order valence-electron chi connectivity index (χ2n) is 4.48.